The highest BCUT2D eigenvalue weighted by molar-refractivity contribution is 6.01. The highest BCUT2D eigenvalue weighted by Gasteiger charge is 2.10. The van der Waals surface area contributed by atoms with Crippen LogP contribution >= 0.6 is 0 Å². The zero-order valence-corrected chi connectivity index (χ0v) is 16.4. The molecule has 0 bridgehead atoms. The fourth-order valence-corrected chi connectivity index (χ4v) is 2.86. The minimum Gasteiger partial charge on any atom is -0.494 e. The van der Waals surface area contributed by atoms with Gasteiger partial charge in [-0.25, -0.2) is 5.43 Å². The third-order valence-corrected chi connectivity index (χ3v) is 4.31. The summed E-state index contributed by atoms with van der Waals surface area (Å²) in [6.45, 7) is 2.77. The lowest BCUT2D eigenvalue weighted by Gasteiger charge is -2.05. The third kappa shape index (κ3) is 5.01. The Balaban J connectivity index is 1.70. The molecule has 0 radical (unpaired) electrons. The van der Waals surface area contributed by atoms with Crippen molar-refractivity contribution in [3.63, 3.8) is 0 Å². The summed E-state index contributed by atoms with van der Waals surface area (Å²) in [5.41, 5.74) is 4.68. The number of nitrogens with one attached hydrogen (secondary N) is 1. The van der Waals surface area contributed by atoms with Crippen molar-refractivity contribution in [2.24, 2.45) is 5.10 Å². The van der Waals surface area contributed by atoms with Gasteiger partial charge in [-0.1, -0.05) is 25.1 Å². The van der Waals surface area contributed by atoms with Gasteiger partial charge < -0.3 is 14.0 Å². The van der Waals surface area contributed by atoms with Crippen molar-refractivity contribution in [3.8, 4) is 5.75 Å². The molecule has 0 aliphatic heterocycles. The van der Waals surface area contributed by atoms with Crippen LogP contribution in [0.3, 0.4) is 0 Å². The number of ether oxygens (including phenoxy) is 2. The Morgan fingerprint density at radius 2 is 1.90 bits per heavy atom. The molecular formula is C22H23N3O4. The second-order valence-corrected chi connectivity index (χ2v) is 6.38. The average molecular weight is 393 g/mol. The van der Waals surface area contributed by atoms with Crippen LogP contribution < -0.4 is 10.2 Å². The molecule has 0 atom stereocenters. The quantitative estimate of drug-likeness (QED) is 0.361. The average Bonchev–Trinajstić information content (AvgIpc) is 3.10. The molecule has 1 aromatic heterocycles. The SMILES string of the molecule is CCCOc1ccc(C(=O)N/N=C/c2cn(CC(=O)OC)c3ccccc23)cc1. The summed E-state index contributed by atoms with van der Waals surface area (Å²) < 4.78 is 12.0. The normalized spacial score (nSPS) is 11.0. The lowest BCUT2D eigenvalue weighted by molar-refractivity contribution is -0.141. The van der Waals surface area contributed by atoms with Gasteiger partial charge in [0.1, 0.15) is 12.3 Å². The van der Waals surface area contributed by atoms with E-state index in [1.54, 1.807) is 41.2 Å². The summed E-state index contributed by atoms with van der Waals surface area (Å²) in [6.07, 6.45) is 4.29. The Hall–Kier alpha value is -3.61. The molecule has 0 aliphatic rings. The first kappa shape index (κ1) is 20.1. The van der Waals surface area contributed by atoms with Gasteiger partial charge in [0, 0.05) is 28.2 Å². The molecule has 2 aromatic carbocycles. The second kappa shape index (κ2) is 9.54. The first-order valence-electron chi connectivity index (χ1n) is 9.33. The van der Waals surface area contributed by atoms with Crippen LogP contribution in [-0.4, -0.2) is 36.4 Å². The van der Waals surface area contributed by atoms with E-state index in [1.807, 2.05) is 31.2 Å². The van der Waals surface area contributed by atoms with Gasteiger partial charge in [0.05, 0.1) is 19.9 Å². The van der Waals surface area contributed by atoms with Crippen LogP contribution in [-0.2, 0) is 16.1 Å². The third-order valence-electron chi connectivity index (χ3n) is 4.31. The maximum atomic E-state index is 12.3. The molecule has 0 saturated carbocycles. The number of carbonyl (C=O) groups excluding carboxylic acids is 2. The molecule has 0 saturated heterocycles. The molecule has 0 unspecified atom stereocenters. The van der Waals surface area contributed by atoms with E-state index in [9.17, 15) is 9.59 Å². The number of nitrogens with zero attached hydrogens (tertiary/aromatic N) is 2. The number of aromatic nitrogens is 1. The fourth-order valence-electron chi connectivity index (χ4n) is 2.86. The van der Waals surface area contributed by atoms with E-state index in [2.05, 4.69) is 10.5 Å². The first-order chi connectivity index (χ1) is 14.1. The summed E-state index contributed by atoms with van der Waals surface area (Å²) in [4.78, 5) is 23.9. The van der Waals surface area contributed by atoms with Gasteiger partial charge in [0.25, 0.3) is 5.91 Å². The number of amides is 1. The number of rotatable bonds is 8. The van der Waals surface area contributed by atoms with Crippen molar-refractivity contribution in [1.29, 1.82) is 0 Å². The van der Waals surface area contributed by atoms with Crippen LogP contribution in [0.25, 0.3) is 10.9 Å². The smallest absolute Gasteiger partial charge is 0.325 e. The van der Waals surface area contributed by atoms with Gasteiger partial charge >= 0.3 is 5.97 Å². The lowest BCUT2D eigenvalue weighted by Crippen LogP contribution is -2.17. The van der Waals surface area contributed by atoms with Crippen molar-refractivity contribution in [3.05, 3.63) is 65.9 Å². The summed E-state index contributed by atoms with van der Waals surface area (Å²) in [5, 5.41) is 4.99. The highest BCUT2D eigenvalue weighted by Crippen LogP contribution is 2.20. The number of esters is 1. The van der Waals surface area contributed by atoms with Gasteiger partial charge in [-0.15, -0.1) is 0 Å². The van der Waals surface area contributed by atoms with Crippen LogP contribution in [0.2, 0.25) is 0 Å². The van der Waals surface area contributed by atoms with E-state index < -0.39 is 0 Å². The molecule has 150 valence electrons. The number of benzene rings is 2. The van der Waals surface area contributed by atoms with Gasteiger partial charge in [-0.05, 0) is 36.8 Å². The van der Waals surface area contributed by atoms with E-state index in [0.29, 0.717) is 12.2 Å². The minimum absolute atomic E-state index is 0.101. The molecular weight excluding hydrogens is 370 g/mol. The Morgan fingerprint density at radius 1 is 1.14 bits per heavy atom. The molecule has 3 rings (SSSR count). The van der Waals surface area contributed by atoms with E-state index >= 15 is 0 Å². The number of fused-ring (bicyclic) bond motifs is 1. The van der Waals surface area contributed by atoms with Gasteiger partial charge in [0.15, 0.2) is 0 Å². The second-order valence-electron chi connectivity index (χ2n) is 6.38. The van der Waals surface area contributed by atoms with Crippen LogP contribution in [0, 0.1) is 0 Å². The molecule has 1 amide bonds. The van der Waals surface area contributed by atoms with Crippen molar-refractivity contribution in [1.82, 2.24) is 9.99 Å². The van der Waals surface area contributed by atoms with Gasteiger partial charge in [-0.3, -0.25) is 9.59 Å². The molecule has 0 spiro atoms. The van der Waals surface area contributed by atoms with Gasteiger partial charge in [-0.2, -0.15) is 5.10 Å². The minimum atomic E-state index is -0.339. The first-order valence-corrected chi connectivity index (χ1v) is 9.33. The van der Waals surface area contributed by atoms with Crippen molar-refractivity contribution in [2.45, 2.75) is 19.9 Å². The largest absolute Gasteiger partial charge is 0.494 e. The number of hydrogen-bond acceptors (Lipinski definition) is 5. The monoisotopic (exact) mass is 393 g/mol. The maximum absolute atomic E-state index is 12.3. The maximum Gasteiger partial charge on any atom is 0.325 e. The van der Waals surface area contributed by atoms with Crippen LogP contribution in [0.1, 0.15) is 29.3 Å². The molecule has 7 heteroatoms. The number of para-hydroxylation sites is 1. The summed E-state index contributed by atoms with van der Waals surface area (Å²) in [7, 11) is 1.36. The predicted octanol–water partition coefficient (Wildman–Crippen LogP) is 3.37. The van der Waals surface area contributed by atoms with E-state index in [0.717, 1.165) is 28.6 Å². The van der Waals surface area contributed by atoms with E-state index in [-0.39, 0.29) is 18.4 Å². The summed E-state index contributed by atoms with van der Waals surface area (Å²) in [6, 6.07) is 14.5. The Labute approximate surface area is 168 Å². The number of methoxy groups -OCH3 is 1. The van der Waals surface area contributed by atoms with Crippen molar-refractivity contribution >= 4 is 29.0 Å². The van der Waals surface area contributed by atoms with E-state index in [4.69, 9.17) is 9.47 Å². The molecule has 29 heavy (non-hydrogen) atoms. The summed E-state index contributed by atoms with van der Waals surface area (Å²) >= 11 is 0. The standard InChI is InChI=1S/C22H23N3O4/c1-3-12-29-18-10-8-16(9-11-18)22(27)24-23-13-17-14-25(15-21(26)28-2)20-7-5-4-6-19(17)20/h4-11,13-14H,3,12,15H2,1-2H3,(H,24,27)/b23-13+. The highest BCUT2D eigenvalue weighted by atomic mass is 16.5. The van der Waals surface area contributed by atoms with Crippen LogP contribution in [0.5, 0.6) is 5.75 Å². The topological polar surface area (TPSA) is 81.9 Å². The number of hydrogen-bond donors (Lipinski definition) is 1. The van der Waals surface area contributed by atoms with Gasteiger partial charge in [0.2, 0.25) is 0 Å². The van der Waals surface area contributed by atoms with Crippen molar-refractivity contribution in [2.75, 3.05) is 13.7 Å². The molecule has 0 fully saturated rings. The summed E-state index contributed by atoms with van der Waals surface area (Å²) in [5.74, 6) is 0.0702. The molecule has 7 nitrogen and oxygen atoms in total. The Kier molecular flexibility index (Phi) is 6.63. The number of carbonyl (C=O) groups is 2. The number of hydrazone groups is 1. The molecule has 1 N–H and O–H groups in total. The molecule has 0 aliphatic carbocycles. The zero-order chi connectivity index (χ0) is 20.6. The zero-order valence-electron chi connectivity index (χ0n) is 16.4. The Bertz CT molecular complexity index is 1020. The van der Waals surface area contributed by atoms with Crippen molar-refractivity contribution < 1.29 is 19.1 Å². The fraction of sp³-hybridized carbons (Fsp3) is 0.227. The molecule has 3 aromatic rings. The molecule has 1 heterocycles. The Morgan fingerprint density at radius 3 is 2.62 bits per heavy atom. The van der Waals surface area contributed by atoms with E-state index in [1.165, 1.54) is 7.11 Å². The predicted molar refractivity (Wildman–Crippen MR) is 111 cm³/mol. The van der Waals surface area contributed by atoms with Crippen LogP contribution in [0.4, 0.5) is 0 Å². The van der Waals surface area contributed by atoms with Crippen LogP contribution in [0.15, 0.2) is 59.8 Å². The lowest BCUT2D eigenvalue weighted by atomic mass is 10.2.